The predicted molar refractivity (Wildman–Crippen MR) is 72.2 cm³/mol. The van der Waals surface area contributed by atoms with Crippen LogP contribution in [0.15, 0.2) is 12.4 Å². The van der Waals surface area contributed by atoms with Gasteiger partial charge >= 0.3 is 0 Å². The van der Waals surface area contributed by atoms with Crippen LogP contribution in [0.1, 0.15) is 33.1 Å². The molecule has 4 N–H and O–H groups in total. The number of hydrogen-bond acceptors (Lipinski definition) is 5. The first-order valence-corrected chi connectivity index (χ1v) is 6.28. The van der Waals surface area contributed by atoms with E-state index in [-0.39, 0.29) is 0 Å². The minimum absolute atomic E-state index is 0.332. The molecule has 1 atom stereocenters. The zero-order valence-corrected chi connectivity index (χ0v) is 10.7. The van der Waals surface area contributed by atoms with Gasteiger partial charge in [0.25, 0.3) is 0 Å². The molecule has 1 aromatic heterocycles. The van der Waals surface area contributed by atoms with Crippen LogP contribution in [0, 0.1) is 0 Å². The van der Waals surface area contributed by atoms with Crippen LogP contribution in [0.4, 0.5) is 11.6 Å². The predicted octanol–water partition coefficient (Wildman–Crippen LogP) is 1.84. The summed E-state index contributed by atoms with van der Waals surface area (Å²) in [6.45, 7) is 5.90. The molecule has 0 amide bonds. The third kappa shape index (κ3) is 5.49. The fourth-order valence-electron chi connectivity index (χ4n) is 1.50. The maximum Gasteiger partial charge on any atom is 0.131 e. The molecule has 0 saturated heterocycles. The van der Waals surface area contributed by atoms with E-state index >= 15 is 0 Å². The van der Waals surface area contributed by atoms with E-state index in [0.717, 1.165) is 31.0 Å². The molecule has 0 radical (unpaired) electrons. The summed E-state index contributed by atoms with van der Waals surface area (Å²) in [5.41, 5.74) is 5.51. The first kappa shape index (κ1) is 13.7. The maximum atomic E-state index is 5.51. The summed E-state index contributed by atoms with van der Waals surface area (Å²) in [7, 11) is 0. The van der Waals surface area contributed by atoms with Crippen LogP contribution in [0.25, 0.3) is 0 Å². The number of unbranched alkanes of at least 4 members (excludes halogenated alkanes) is 1. The third-order valence-electron chi connectivity index (χ3n) is 2.50. The van der Waals surface area contributed by atoms with Crippen LogP contribution >= 0.6 is 0 Å². The minimum Gasteiger partial charge on any atom is -0.370 e. The fraction of sp³-hybridized carbons (Fsp3) is 0.667. The Hall–Kier alpha value is -1.36. The molecule has 0 aromatic carbocycles. The van der Waals surface area contributed by atoms with Gasteiger partial charge in [-0.1, -0.05) is 13.3 Å². The van der Waals surface area contributed by atoms with Gasteiger partial charge in [0.15, 0.2) is 0 Å². The standard InChI is InChI=1S/C12H23N5/c1-3-4-7-14-11-8-12(16-9-15-11)17-10(2)5-6-13/h8-10H,3-7,13H2,1-2H3,(H2,14,15,16,17). The highest BCUT2D eigenvalue weighted by molar-refractivity contribution is 5.46. The molecular formula is C12H23N5. The van der Waals surface area contributed by atoms with E-state index in [9.17, 15) is 0 Å². The SMILES string of the molecule is CCCCNc1cc(NC(C)CCN)ncn1. The van der Waals surface area contributed by atoms with Crippen molar-refractivity contribution in [3.63, 3.8) is 0 Å². The molecule has 1 heterocycles. The number of aromatic nitrogens is 2. The molecule has 96 valence electrons. The Balaban J connectivity index is 2.47. The summed E-state index contributed by atoms with van der Waals surface area (Å²) < 4.78 is 0. The zero-order chi connectivity index (χ0) is 12.5. The van der Waals surface area contributed by atoms with E-state index in [0.29, 0.717) is 12.6 Å². The highest BCUT2D eigenvalue weighted by Crippen LogP contribution is 2.10. The Morgan fingerprint density at radius 2 is 2.12 bits per heavy atom. The summed E-state index contributed by atoms with van der Waals surface area (Å²) in [6, 6.07) is 2.27. The van der Waals surface area contributed by atoms with Gasteiger partial charge in [0.05, 0.1) is 0 Å². The van der Waals surface area contributed by atoms with Gasteiger partial charge in [-0.25, -0.2) is 9.97 Å². The average Bonchev–Trinajstić information content (AvgIpc) is 2.30. The zero-order valence-electron chi connectivity index (χ0n) is 10.7. The molecule has 1 unspecified atom stereocenters. The number of nitrogens with two attached hydrogens (primary N) is 1. The van der Waals surface area contributed by atoms with E-state index < -0.39 is 0 Å². The molecule has 0 aliphatic rings. The molecule has 17 heavy (non-hydrogen) atoms. The highest BCUT2D eigenvalue weighted by atomic mass is 15.1. The molecule has 0 aliphatic heterocycles. The van der Waals surface area contributed by atoms with Crippen molar-refractivity contribution in [1.82, 2.24) is 9.97 Å². The lowest BCUT2D eigenvalue weighted by Crippen LogP contribution is -2.20. The summed E-state index contributed by atoms with van der Waals surface area (Å²) >= 11 is 0. The molecule has 0 saturated carbocycles. The van der Waals surface area contributed by atoms with Gasteiger partial charge in [-0.05, 0) is 26.3 Å². The normalized spacial score (nSPS) is 12.2. The second kappa shape index (κ2) is 7.84. The largest absolute Gasteiger partial charge is 0.370 e. The van der Waals surface area contributed by atoms with Gasteiger partial charge in [0.2, 0.25) is 0 Å². The molecule has 5 nitrogen and oxygen atoms in total. The molecule has 0 bridgehead atoms. The lowest BCUT2D eigenvalue weighted by Gasteiger charge is -2.13. The Morgan fingerprint density at radius 3 is 2.82 bits per heavy atom. The van der Waals surface area contributed by atoms with Crippen LogP contribution in [0.3, 0.4) is 0 Å². The van der Waals surface area contributed by atoms with Gasteiger partial charge in [-0.3, -0.25) is 0 Å². The van der Waals surface area contributed by atoms with Gasteiger partial charge in [0.1, 0.15) is 18.0 Å². The van der Waals surface area contributed by atoms with E-state index in [1.807, 2.05) is 6.07 Å². The highest BCUT2D eigenvalue weighted by Gasteiger charge is 2.02. The molecule has 5 heteroatoms. The van der Waals surface area contributed by atoms with Crippen molar-refractivity contribution >= 4 is 11.6 Å². The number of nitrogens with zero attached hydrogens (tertiary/aromatic N) is 2. The molecular weight excluding hydrogens is 214 g/mol. The van der Waals surface area contributed by atoms with Gasteiger partial charge in [-0.2, -0.15) is 0 Å². The minimum atomic E-state index is 0.332. The summed E-state index contributed by atoms with van der Waals surface area (Å²) in [5, 5.41) is 6.58. The topological polar surface area (TPSA) is 75.9 Å². The molecule has 1 aromatic rings. The molecule has 1 rings (SSSR count). The Bertz CT molecular complexity index is 316. The van der Waals surface area contributed by atoms with Crippen LogP contribution in [-0.4, -0.2) is 29.1 Å². The third-order valence-corrected chi connectivity index (χ3v) is 2.50. The van der Waals surface area contributed by atoms with Crippen LogP contribution in [0.2, 0.25) is 0 Å². The molecule has 0 aliphatic carbocycles. The average molecular weight is 237 g/mol. The molecule has 0 spiro atoms. The van der Waals surface area contributed by atoms with E-state index in [1.165, 1.54) is 6.42 Å². The van der Waals surface area contributed by atoms with E-state index in [1.54, 1.807) is 6.33 Å². The lowest BCUT2D eigenvalue weighted by atomic mass is 10.2. The quantitative estimate of drug-likeness (QED) is 0.601. The number of anilines is 2. The monoisotopic (exact) mass is 237 g/mol. The van der Waals surface area contributed by atoms with Gasteiger partial charge < -0.3 is 16.4 Å². The first-order chi connectivity index (χ1) is 8.26. The molecule has 0 fully saturated rings. The number of nitrogens with one attached hydrogen (secondary N) is 2. The summed E-state index contributed by atoms with van der Waals surface area (Å²) in [4.78, 5) is 8.36. The van der Waals surface area contributed by atoms with Crippen molar-refractivity contribution < 1.29 is 0 Å². The van der Waals surface area contributed by atoms with Crippen LogP contribution < -0.4 is 16.4 Å². The van der Waals surface area contributed by atoms with E-state index in [2.05, 4.69) is 34.4 Å². The first-order valence-electron chi connectivity index (χ1n) is 6.28. The second-order valence-corrected chi connectivity index (χ2v) is 4.19. The van der Waals surface area contributed by atoms with E-state index in [4.69, 9.17) is 5.73 Å². The summed E-state index contributed by atoms with van der Waals surface area (Å²) in [5.74, 6) is 1.72. The van der Waals surface area contributed by atoms with Crippen LogP contribution in [-0.2, 0) is 0 Å². The number of rotatable bonds is 8. The maximum absolute atomic E-state index is 5.51. The fourth-order valence-corrected chi connectivity index (χ4v) is 1.50. The van der Waals surface area contributed by atoms with Crippen molar-refractivity contribution in [3.8, 4) is 0 Å². The van der Waals surface area contributed by atoms with Crippen molar-refractivity contribution in [2.45, 2.75) is 39.2 Å². The second-order valence-electron chi connectivity index (χ2n) is 4.19. The smallest absolute Gasteiger partial charge is 0.131 e. The van der Waals surface area contributed by atoms with Crippen LogP contribution in [0.5, 0.6) is 0 Å². The van der Waals surface area contributed by atoms with Crippen molar-refractivity contribution in [3.05, 3.63) is 12.4 Å². The lowest BCUT2D eigenvalue weighted by molar-refractivity contribution is 0.713. The summed E-state index contributed by atoms with van der Waals surface area (Å²) in [6.07, 6.45) is 4.83. The van der Waals surface area contributed by atoms with Crippen molar-refractivity contribution in [2.75, 3.05) is 23.7 Å². The van der Waals surface area contributed by atoms with Crippen molar-refractivity contribution in [1.29, 1.82) is 0 Å². The Kier molecular flexibility index (Phi) is 6.32. The Labute approximate surface area is 103 Å². The van der Waals surface area contributed by atoms with Crippen molar-refractivity contribution in [2.24, 2.45) is 5.73 Å². The van der Waals surface area contributed by atoms with Gasteiger partial charge in [0, 0.05) is 18.7 Å². The van der Waals surface area contributed by atoms with Gasteiger partial charge in [-0.15, -0.1) is 0 Å². The number of hydrogen-bond donors (Lipinski definition) is 3. The Morgan fingerprint density at radius 1 is 1.35 bits per heavy atom.